The van der Waals surface area contributed by atoms with E-state index in [1.807, 2.05) is 0 Å². The van der Waals surface area contributed by atoms with Crippen LogP contribution in [0.15, 0.2) is 0 Å². The Morgan fingerprint density at radius 2 is 1.82 bits per heavy atom. The number of carboxylic acid groups (broad SMARTS) is 1. The molecule has 1 aliphatic heterocycles. The Kier molecular flexibility index (Phi) is 1.42. The number of nitrogens with zero attached hydrogens (tertiary/aromatic N) is 1. The highest BCUT2D eigenvalue weighted by Crippen LogP contribution is 2.43. The first-order chi connectivity index (χ1) is 5.26. The van der Waals surface area contributed by atoms with Crippen molar-refractivity contribution in [2.45, 2.75) is 31.2 Å². The molecule has 11 heavy (non-hydrogen) atoms. The summed E-state index contributed by atoms with van der Waals surface area (Å²) in [5.41, 5.74) is -0.420. The van der Waals surface area contributed by atoms with Crippen LogP contribution in [-0.2, 0) is 4.79 Å². The summed E-state index contributed by atoms with van der Waals surface area (Å²) < 4.78 is 0. The van der Waals surface area contributed by atoms with Crippen LogP contribution in [0.2, 0.25) is 0 Å². The van der Waals surface area contributed by atoms with Crippen molar-refractivity contribution in [1.82, 2.24) is 4.90 Å². The Morgan fingerprint density at radius 3 is 2.18 bits per heavy atom. The number of hydrogen-bond donors (Lipinski definition) is 1. The van der Waals surface area contributed by atoms with Gasteiger partial charge in [0.15, 0.2) is 0 Å². The topological polar surface area (TPSA) is 40.5 Å². The van der Waals surface area contributed by atoms with Crippen molar-refractivity contribution < 1.29 is 9.90 Å². The largest absolute Gasteiger partial charge is 0.480 e. The first-order valence-corrected chi connectivity index (χ1v) is 4.24. The van der Waals surface area contributed by atoms with Crippen molar-refractivity contribution in [3.05, 3.63) is 0 Å². The third-order valence-corrected chi connectivity index (χ3v) is 2.83. The molecule has 1 heterocycles. The van der Waals surface area contributed by atoms with E-state index in [9.17, 15) is 4.79 Å². The molecule has 1 saturated carbocycles. The third kappa shape index (κ3) is 0.948. The van der Waals surface area contributed by atoms with Crippen molar-refractivity contribution in [3.8, 4) is 0 Å². The fraction of sp³-hybridized carbons (Fsp3) is 0.875. The summed E-state index contributed by atoms with van der Waals surface area (Å²) in [4.78, 5) is 13.0. The lowest BCUT2D eigenvalue weighted by molar-refractivity contribution is -0.144. The van der Waals surface area contributed by atoms with E-state index in [0.29, 0.717) is 0 Å². The van der Waals surface area contributed by atoms with Crippen molar-refractivity contribution in [2.24, 2.45) is 0 Å². The number of carbonyl (C=O) groups is 1. The van der Waals surface area contributed by atoms with Gasteiger partial charge in [-0.05, 0) is 38.8 Å². The van der Waals surface area contributed by atoms with Gasteiger partial charge in [-0.3, -0.25) is 9.69 Å². The molecule has 3 nitrogen and oxygen atoms in total. The van der Waals surface area contributed by atoms with E-state index in [2.05, 4.69) is 4.90 Å². The molecule has 0 atom stereocenters. The molecule has 2 fully saturated rings. The van der Waals surface area contributed by atoms with E-state index in [0.717, 1.165) is 25.9 Å². The summed E-state index contributed by atoms with van der Waals surface area (Å²) in [6, 6.07) is 0. The van der Waals surface area contributed by atoms with Gasteiger partial charge in [-0.1, -0.05) is 0 Å². The van der Waals surface area contributed by atoms with Crippen LogP contribution in [0.1, 0.15) is 25.7 Å². The van der Waals surface area contributed by atoms with Gasteiger partial charge in [0, 0.05) is 0 Å². The quantitative estimate of drug-likeness (QED) is 0.638. The maximum atomic E-state index is 10.8. The van der Waals surface area contributed by atoms with Crippen LogP contribution >= 0.6 is 0 Å². The van der Waals surface area contributed by atoms with Gasteiger partial charge in [0.1, 0.15) is 5.54 Å². The average molecular weight is 155 g/mol. The van der Waals surface area contributed by atoms with Crippen molar-refractivity contribution >= 4 is 5.97 Å². The molecule has 0 radical (unpaired) electrons. The maximum absolute atomic E-state index is 10.8. The predicted octanol–water partition coefficient (Wildman–Crippen LogP) is 0.699. The first kappa shape index (κ1) is 7.10. The Morgan fingerprint density at radius 1 is 1.27 bits per heavy atom. The van der Waals surface area contributed by atoms with E-state index in [-0.39, 0.29) is 0 Å². The molecule has 62 valence electrons. The summed E-state index contributed by atoms with van der Waals surface area (Å²) >= 11 is 0. The van der Waals surface area contributed by atoms with E-state index in [4.69, 9.17) is 5.11 Å². The molecular formula is C8H13NO2. The summed E-state index contributed by atoms with van der Waals surface area (Å²) in [5.74, 6) is -0.612. The molecule has 2 rings (SSSR count). The van der Waals surface area contributed by atoms with Crippen LogP contribution in [-0.4, -0.2) is 34.6 Å². The summed E-state index contributed by atoms with van der Waals surface area (Å²) in [6.45, 7) is 1.98. The summed E-state index contributed by atoms with van der Waals surface area (Å²) in [6.07, 6.45) is 4.08. The minimum Gasteiger partial charge on any atom is -0.480 e. The molecule has 0 bridgehead atoms. The fourth-order valence-corrected chi connectivity index (χ4v) is 1.93. The Balaban J connectivity index is 2.07. The van der Waals surface area contributed by atoms with Crippen LogP contribution in [0.25, 0.3) is 0 Å². The Hall–Kier alpha value is -0.570. The highest BCUT2D eigenvalue weighted by Gasteiger charge is 2.55. The number of rotatable bonds is 2. The maximum Gasteiger partial charge on any atom is 0.324 e. The molecule has 1 N–H and O–H groups in total. The van der Waals surface area contributed by atoms with E-state index in [1.54, 1.807) is 0 Å². The second-order valence-electron chi connectivity index (χ2n) is 3.53. The molecular weight excluding hydrogens is 142 g/mol. The van der Waals surface area contributed by atoms with Crippen LogP contribution in [0, 0.1) is 0 Å². The van der Waals surface area contributed by atoms with Gasteiger partial charge in [-0.25, -0.2) is 0 Å². The normalized spacial score (nSPS) is 28.7. The number of aliphatic carboxylic acids is 1. The minimum absolute atomic E-state index is 0.420. The van der Waals surface area contributed by atoms with Gasteiger partial charge < -0.3 is 5.11 Å². The molecule has 2 aliphatic rings. The monoisotopic (exact) mass is 155 g/mol. The molecule has 3 heteroatoms. The number of hydrogen-bond acceptors (Lipinski definition) is 2. The molecule has 0 spiro atoms. The Bertz CT molecular complexity index is 181. The summed E-state index contributed by atoms with van der Waals surface area (Å²) in [7, 11) is 0. The lowest BCUT2D eigenvalue weighted by Crippen LogP contribution is -2.41. The molecule has 0 aromatic heterocycles. The van der Waals surface area contributed by atoms with E-state index < -0.39 is 11.5 Å². The van der Waals surface area contributed by atoms with Gasteiger partial charge in [0.25, 0.3) is 0 Å². The van der Waals surface area contributed by atoms with Crippen LogP contribution < -0.4 is 0 Å². The zero-order valence-electron chi connectivity index (χ0n) is 6.55. The number of carboxylic acids is 1. The van der Waals surface area contributed by atoms with E-state index >= 15 is 0 Å². The molecule has 1 saturated heterocycles. The molecule has 1 aliphatic carbocycles. The van der Waals surface area contributed by atoms with Crippen LogP contribution in [0.5, 0.6) is 0 Å². The van der Waals surface area contributed by atoms with Crippen molar-refractivity contribution in [2.75, 3.05) is 13.1 Å². The first-order valence-electron chi connectivity index (χ1n) is 4.24. The lowest BCUT2D eigenvalue weighted by Gasteiger charge is -2.22. The second kappa shape index (κ2) is 2.21. The second-order valence-corrected chi connectivity index (χ2v) is 3.53. The highest BCUT2D eigenvalue weighted by molar-refractivity contribution is 5.82. The van der Waals surface area contributed by atoms with Crippen LogP contribution in [0.4, 0.5) is 0 Å². The number of likely N-dealkylation sites (tertiary alicyclic amines) is 1. The standard InChI is InChI=1S/C8H13NO2/c10-7(11)8(3-4-8)9-5-1-2-6-9/h1-6H2,(H,10,11). The molecule has 0 aromatic rings. The lowest BCUT2D eigenvalue weighted by atomic mass is 10.2. The van der Waals surface area contributed by atoms with Gasteiger partial charge in [0.2, 0.25) is 0 Å². The van der Waals surface area contributed by atoms with Crippen molar-refractivity contribution in [1.29, 1.82) is 0 Å². The molecule has 0 unspecified atom stereocenters. The molecule has 0 aromatic carbocycles. The van der Waals surface area contributed by atoms with Crippen molar-refractivity contribution in [3.63, 3.8) is 0 Å². The van der Waals surface area contributed by atoms with Gasteiger partial charge in [-0.15, -0.1) is 0 Å². The minimum atomic E-state index is -0.612. The smallest absolute Gasteiger partial charge is 0.324 e. The predicted molar refractivity (Wildman–Crippen MR) is 40.4 cm³/mol. The van der Waals surface area contributed by atoms with Gasteiger partial charge in [0.05, 0.1) is 0 Å². The van der Waals surface area contributed by atoms with Crippen LogP contribution in [0.3, 0.4) is 0 Å². The third-order valence-electron chi connectivity index (χ3n) is 2.83. The zero-order valence-corrected chi connectivity index (χ0v) is 6.55. The zero-order chi connectivity index (χ0) is 7.90. The SMILES string of the molecule is O=C(O)C1(N2CCCC2)CC1. The summed E-state index contributed by atoms with van der Waals surface area (Å²) in [5, 5.41) is 8.92. The highest BCUT2D eigenvalue weighted by atomic mass is 16.4. The van der Waals surface area contributed by atoms with Gasteiger partial charge in [-0.2, -0.15) is 0 Å². The van der Waals surface area contributed by atoms with E-state index in [1.165, 1.54) is 12.8 Å². The Labute approximate surface area is 66.0 Å². The van der Waals surface area contributed by atoms with Gasteiger partial charge >= 0.3 is 5.97 Å². The fourth-order valence-electron chi connectivity index (χ4n) is 1.93. The molecule has 0 amide bonds. The average Bonchev–Trinajstić information content (AvgIpc) is 2.61.